The first-order valence-corrected chi connectivity index (χ1v) is 10.9. The average Bonchev–Trinajstić information content (AvgIpc) is 3.02. The summed E-state index contributed by atoms with van der Waals surface area (Å²) in [6.45, 7) is 8.07. The minimum Gasteiger partial charge on any atom is -0.494 e. The monoisotopic (exact) mass is 423 g/mol. The van der Waals surface area contributed by atoms with Gasteiger partial charge in [-0.1, -0.05) is 0 Å². The fourth-order valence-corrected chi connectivity index (χ4v) is 4.27. The molecule has 2 aromatic rings. The number of aromatic nitrogens is 2. The molecule has 1 aromatic heterocycles. The summed E-state index contributed by atoms with van der Waals surface area (Å²) < 4.78 is 5.44. The molecule has 2 saturated heterocycles. The predicted molar refractivity (Wildman–Crippen MR) is 118 cm³/mol. The topological polar surface area (TPSA) is 87.7 Å². The van der Waals surface area contributed by atoms with E-state index in [0.29, 0.717) is 12.3 Å². The predicted octanol–water partition coefficient (Wildman–Crippen LogP) is 2.38. The highest BCUT2D eigenvalue weighted by molar-refractivity contribution is 6.22. The summed E-state index contributed by atoms with van der Waals surface area (Å²) in [4.78, 5) is 38.1. The number of nitrogens with one attached hydrogen (secondary N) is 1. The van der Waals surface area contributed by atoms with Crippen molar-refractivity contribution in [3.8, 4) is 5.75 Å². The summed E-state index contributed by atoms with van der Waals surface area (Å²) in [6, 6.07) is 8.75. The molecule has 2 aliphatic rings. The van der Waals surface area contributed by atoms with E-state index in [9.17, 15) is 9.59 Å². The molecule has 1 unspecified atom stereocenters. The van der Waals surface area contributed by atoms with Crippen molar-refractivity contribution in [3.05, 3.63) is 41.7 Å². The van der Waals surface area contributed by atoms with Crippen molar-refractivity contribution in [2.24, 2.45) is 0 Å². The molecule has 0 bridgehead atoms. The smallest absolute Gasteiger partial charge is 0.251 e. The molecular weight excluding hydrogens is 394 g/mol. The van der Waals surface area contributed by atoms with E-state index in [0.717, 1.165) is 49.0 Å². The fourth-order valence-electron chi connectivity index (χ4n) is 4.27. The Kier molecular flexibility index (Phi) is 6.18. The molecule has 8 nitrogen and oxygen atoms in total. The van der Waals surface area contributed by atoms with Crippen LogP contribution in [-0.4, -0.2) is 53.6 Å². The normalized spacial score (nSPS) is 19.9. The van der Waals surface area contributed by atoms with Crippen LogP contribution in [0.3, 0.4) is 0 Å². The minimum atomic E-state index is -0.479. The molecule has 1 aromatic carbocycles. The number of aryl methyl sites for hydroxylation is 2. The van der Waals surface area contributed by atoms with E-state index in [4.69, 9.17) is 4.74 Å². The standard InChI is InChI=1S/C23H29N5O3/c1-4-31-19-7-5-18(6-8-19)28-21(29)14-20(22(28)30)26-17-9-11-27(12-10-17)23-24-15(2)13-16(3)25-23/h5-8,13,17,20,26H,4,9-12,14H2,1-3H3. The number of hydrogen-bond donors (Lipinski definition) is 1. The fraction of sp³-hybridized carbons (Fsp3) is 0.478. The summed E-state index contributed by atoms with van der Waals surface area (Å²) in [5, 5.41) is 3.42. The third-order valence-corrected chi connectivity index (χ3v) is 5.74. The second kappa shape index (κ2) is 9.01. The molecule has 0 radical (unpaired) electrons. The molecular formula is C23H29N5O3. The number of amides is 2. The highest BCUT2D eigenvalue weighted by atomic mass is 16.5. The van der Waals surface area contributed by atoms with Gasteiger partial charge in [0.05, 0.1) is 24.8 Å². The molecule has 0 aliphatic carbocycles. The van der Waals surface area contributed by atoms with Crippen LogP contribution in [0.5, 0.6) is 5.75 Å². The number of carbonyl (C=O) groups excluding carboxylic acids is 2. The van der Waals surface area contributed by atoms with E-state index in [1.54, 1.807) is 24.3 Å². The lowest BCUT2D eigenvalue weighted by atomic mass is 10.0. The van der Waals surface area contributed by atoms with Gasteiger partial charge in [-0.15, -0.1) is 0 Å². The number of hydrogen-bond acceptors (Lipinski definition) is 7. The van der Waals surface area contributed by atoms with E-state index < -0.39 is 6.04 Å². The van der Waals surface area contributed by atoms with Crippen LogP contribution in [-0.2, 0) is 9.59 Å². The van der Waals surface area contributed by atoms with Crippen molar-refractivity contribution in [1.82, 2.24) is 15.3 Å². The first-order valence-electron chi connectivity index (χ1n) is 10.9. The molecule has 1 atom stereocenters. The maximum absolute atomic E-state index is 12.9. The summed E-state index contributed by atoms with van der Waals surface area (Å²) in [6.07, 6.45) is 1.93. The Hall–Kier alpha value is -3.00. The SMILES string of the molecule is CCOc1ccc(N2C(=O)CC(NC3CCN(c4nc(C)cc(C)n4)CC3)C2=O)cc1. The van der Waals surface area contributed by atoms with Crippen molar-refractivity contribution < 1.29 is 14.3 Å². The summed E-state index contributed by atoms with van der Waals surface area (Å²) in [5.74, 6) is 1.13. The van der Waals surface area contributed by atoms with Crippen LogP contribution >= 0.6 is 0 Å². The van der Waals surface area contributed by atoms with Crippen LogP contribution in [0.1, 0.15) is 37.6 Å². The largest absolute Gasteiger partial charge is 0.494 e. The van der Waals surface area contributed by atoms with Gasteiger partial charge in [0.15, 0.2) is 0 Å². The second-order valence-electron chi connectivity index (χ2n) is 8.13. The van der Waals surface area contributed by atoms with Gasteiger partial charge in [-0.3, -0.25) is 9.59 Å². The van der Waals surface area contributed by atoms with Crippen LogP contribution in [0.25, 0.3) is 0 Å². The number of carbonyl (C=O) groups is 2. The number of imide groups is 1. The van der Waals surface area contributed by atoms with Gasteiger partial charge in [0.2, 0.25) is 11.9 Å². The molecule has 31 heavy (non-hydrogen) atoms. The molecule has 4 rings (SSSR count). The van der Waals surface area contributed by atoms with E-state index >= 15 is 0 Å². The molecule has 0 spiro atoms. The lowest BCUT2D eigenvalue weighted by Crippen LogP contribution is -2.49. The lowest BCUT2D eigenvalue weighted by molar-refractivity contribution is -0.121. The van der Waals surface area contributed by atoms with Crippen LogP contribution in [0.15, 0.2) is 30.3 Å². The second-order valence-corrected chi connectivity index (χ2v) is 8.13. The van der Waals surface area contributed by atoms with Crippen LogP contribution in [0.2, 0.25) is 0 Å². The molecule has 8 heteroatoms. The van der Waals surface area contributed by atoms with Crippen molar-refractivity contribution in [1.29, 1.82) is 0 Å². The summed E-state index contributed by atoms with van der Waals surface area (Å²) >= 11 is 0. The van der Waals surface area contributed by atoms with Crippen LogP contribution < -0.4 is 19.9 Å². The van der Waals surface area contributed by atoms with Gasteiger partial charge in [0.25, 0.3) is 5.91 Å². The number of nitrogens with zero attached hydrogens (tertiary/aromatic N) is 4. The van der Waals surface area contributed by atoms with Crippen molar-refractivity contribution >= 4 is 23.5 Å². The molecule has 2 fully saturated rings. The zero-order valence-electron chi connectivity index (χ0n) is 18.3. The Morgan fingerprint density at radius 2 is 1.71 bits per heavy atom. The zero-order valence-corrected chi connectivity index (χ0v) is 18.3. The van der Waals surface area contributed by atoms with Crippen molar-refractivity contribution in [3.63, 3.8) is 0 Å². The molecule has 1 N–H and O–H groups in total. The highest BCUT2D eigenvalue weighted by Gasteiger charge is 2.40. The van der Waals surface area contributed by atoms with E-state index in [1.165, 1.54) is 4.90 Å². The Bertz CT molecular complexity index is 934. The summed E-state index contributed by atoms with van der Waals surface area (Å²) in [5.41, 5.74) is 2.52. The van der Waals surface area contributed by atoms with Crippen LogP contribution in [0, 0.1) is 13.8 Å². The van der Waals surface area contributed by atoms with Gasteiger partial charge in [-0.2, -0.15) is 0 Å². The van der Waals surface area contributed by atoms with Gasteiger partial charge in [0, 0.05) is 30.5 Å². The Labute approximate surface area is 182 Å². The van der Waals surface area contributed by atoms with E-state index in [1.807, 2.05) is 26.8 Å². The quantitative estimate of drug-likeness (QED) is 0.714. The van der Waals surface area contributed by atoms with Gasteiger partial charge in [-0.25, -0.2) is 14.9 Å². The van der Waals surface area contributed by atoms with Crippen LogP contribution in [0.4, 0.5) is 11.6 Å². The number of benzene rings is 1. The third-order valence-electron chi connectivity index (χ3n) is 5.74. The maximum atomic E-state index is 12.9. The molecule has 0 saturated carbocycles. The Morgan fingerprint density at radius 1 is 1.06 bits per heavy atom. The molecule has 2 amide bonds. The lowest BCUT2D eigenvalue weighted by Gasteiger charge is -2.33. The van der Waals surface area contributed by atoms with Crippen molar-refractivity contribution in [2.75, 3.05) is 29.5 Å². The van der Waals surface area contributed by atoms with Gasteiger partial charge in [-0.05, 0) is 63.9 Å². The average molecular weight is 424 g/mol. The van der Waals surface area contributed by atoms with Gasteiger partial charge >= 0.3 is 0 Å². The third kappa shape index (κ3) is 4.69. The Morgan fingerprint density at radius 3 is 2.32 bits per heavy atom. The first kappa shape index (κ1) is 21.2. The highest BCUT2D eigenvalue weighted by Crippen LogP contribution is 2.26. The minimum absolute atomic E-state index is 0.173. The molecule has 164 valence electrons. The number of piperidine rings is 1. The zero-order chi connectivity index (χ0) is 22.0. The summed E-state index contributed by atoms with van der Waals surface area (Å²) in [7, 11) is 0. The molecule has 2 aliphatic heterocycles. The van der Waals surface area contributed by atoms with E-state index in [-0.39, 0.29) is 24.3 Å². The first-order chi connectivity index (χ1) is 14.9. The Balaban J connectivity index is 1.35. The van der Waals surface area contributed by atoms with Gasteiger partial charge < -0.3 is 15.0 Å². The maximum Gasteiger partial charge on any atom is 0.251 e. The number of rotatable bonds is 6. The van der Waals surface area contributed by atoms with E-state index in [2.05, 4.69) is 20.2 Å². The van der Waals surface area contributed by atoms with Crippen molar-refractivity contribution in [2.45, 2.75) is 52.1 Å². The van der Waals surface area contributed by atoms with Gasteiger partial charge in [0.1, 0.15) is 5.75 Å². The number of ether oxygens (including phenoxy) is 1. The molecule has 3 heterocycles. The number of anilines is 2.